The first kappa shape index (κ1) is 18.1. The number of carboxylic acid groups (broad SMARTS) is 1. The SMILES string of the molecule is CC(C)(C)OC(=O)N1CCC(C(=O)O)(c2cc(Cl)ccc2Br)C1. The van der Waals surface area contributed by atoms with E-state index in [1.807, 2.05) is 0 Å². The molecule has 1 atom stereocenters. The Morgan fingerprint density at radius 3 is 2.61 bits per heavy atom. The molecule has 1 amide bonds. The van der Waals surface area contributed by atoms with Crippen molar-refractivity contribution in [3.8, 4) is 0 Å². The lowest BCUT2D eigenvalue weighted by Crippen LogP contribution is -2.42. The third-order valence-corrected chi connectivity index (χ3v) is 4.70. The normalized spacial score (nSPS) is 21.3. The van der Waals surface area contributed by atoms with Gasteiger partial charge in [-0.3, -0.25) is 4.79 Å². The van der Waals surface area contributed by atoms with Crippen molar-refractivity contribution in [1.82, 2.24) is 4.90 Å². The molecule has 2 rings (SSSR count). The second-order valence-corrected chi connectivity index (χ2v) is 7.95. The van der Waals surface area contributed by atoms with Crippen LogP contribution in [0.15, 0.2) is 22.7 Å². The van der Waals surface area contributed by atoms with Crippen LogP contribution in [0.25, 0.3) is 0 Å². The average Bonchev–Trinajstić information content (AvgIpc) is 2.86. The molecule has 23 heavy (non-hydrogen) atoms. The molecular formula is C16H19BrClNO4. The molecule has 1 aliphatic rings. The van der Waals surface area contributed by atoms with Gasteiger partial charge in [0.1, 0.15) is 11.0 Å². The second-order valence-electron chi connectivity index (χ2n) is 6.66. The van der Waals surface area contributed by atoms with Crippen LogP contribution in [0.1, 0.15) is 32.8 Å². The molecule has 1 fully saturated rings. The van der Waals surface area contributed by atoms with Crippen LogP contribution in [0.2, 0.25) is 5.02 Å². The number of ether oxygens (including phenoxy) is 1. The minimum Gasteiger partial charge on any atom is -0.481 e. The molecule has 0 bridgehead atoms. The zero-order chi connectivity index (χ0) is 17.4. The van der Waals surface area contributed by atoms with Gasteiger partial charge in [0.15, 0.2) is 0 Å². The quantitative estimate of drug-likeness (QED) is 0.807. The number of likely N-dealkylation sites (tertiary alicyclic amines) is 1. The maximum absolute atomic E-state index is 12.2. The fraction of sp³-hybridized carbons (Fsp3) is 0.500. The Kier molecular flexibility index (Phi) is 4.97. The minimum atomic E-state index is -1.19. The largest absolute Gasteiger partial charge is 0.481 e. The van der Waals surface area contributed by atoms with Gasteiger partial charge in [0.2, 0.25) is 0 Å². The summed E-state index contributed by atoms with van der Waals surface area (Å²) in [6.07, 6.45) is -0.195. The highest BCUT2D eigenvalue weighted by Gasteiger charge is 2.49. The topological polar surface area (TPSA) is 66.8 Å². The molecular weight excluding hydrogens is 386 g/mol. The maximum atomic E-state index is 12.2. The fourth-order valence-electron chi connectivity index (χ4n) is 2.67. The minimum absolute atomic E-state index is 0.0518. The predicted molar refractivity (Wildman–Crippen MR) is 90.9 cm³/mol. The Morgan fingerprint density at radius 2 is 2.04 bits per heavy atom. The van der Waals surface area contributed by atoms with E-state index in [1.54, 1.807) is 39.0 Å². The zero-order valence-corrected chi connectivity index (χ0v) is 15.6. The summed E-state index contributed by atoms with van der Waals surface area (Å²) in [7, 11) is 0. The molecule has 1 unspecified atom stereocenters. The van der Waals surface area contributed by atoms with Crippen molar-refractivity contribution in [2.24, 2.45) is 0 Å². The van der Waals surface area contributed by atoms with Gasteiger partial charge in [-0.2, -0.15) is 0 Å². The lowest BCUT2D eigenvalue weighted by molar-refractivity contribution is -0.143. The van der Waals surface area contributed by atoms with Gasteiger partial charge in [-0.05, 0) is 51.0 Å². The standard InChI is InChI=1S/C16H19BrClNO4/c1-15(2,3)23-14(22)19-7-6-16(9-19,13(20)21)11-8-10(18)4-5-12(11)17/h4-5,8H,6-7,9H2,1-3H3,(H,20,21). The first-order valence-corrected chi connectivity index (χ1v) is 8.39. The Hall–Kier alpha value is -1.27. The van der Waals surface area contributed by atoms with Crippen LogP contribution in [-0.2, 0) is 14.9 Å². The van der Waals surface area contributed by atoms with E-state index < -0.39 is 23.1 Å². The second kappa shape index (κ2) is 6.32. The molecule has 1 aromatic carbocycles. The lowest BCUT2D eigenvalue weighted by Gasteiger charge is -2.28. The molecule has 0 saturated carbocycles. The molecule has 1 aromatic rings. The van der Waals surface area contributed by atoms with Crippen molar-refractivity contribution in [3.63, 3.8) is 0 Å². The number of amides is 1. The van der Waals surface area contributed by atoms with Crippen molar-refractivity contribution >= 4 is 39.6 Å². The summed E-state index contributed by atoms with van der Waals surface area (Å²) in [5.41, 5.74) is -1.24. The van der Waals surface area contributed by atoms with Crippen molar-refractivity contribution in [1.29, 1.82) is 0 Å². The number of rotatable bonds is 2. The van der Waals surface area contributed by atoms with Gasteiger partial charge in [-0.1, -0.05) is 27.5 Å². The summed E-state index contributed by atoms with van der Waals surface area (Å²) in [5.74, 6) is -0.980. The lowest BCUT2D eigenvalue weighted by atomic mass is 9.80. The highest BCUT2D eigenvalue weighted by atomic mass is 79.9. The van der Waals surface area contributed by atoms with E-state index in [9.17, 15) is 14.7 Å². The average molecular weight is 405 g/mol. The van der Waals surface area contributed by atoms with Gasteiger partial charge in [-0.15, -0.1) is 0 Å². The van der Waals surface area contributed by atoms with E-state index in [1.165, 1.54) is 4.90 Å². The van der Waals surface area contributed by atoms with Crippen LogP contribution in [-0.4, -0.2) is 40.8 Å². The van der Waals surface area contributed by atoms with E-state index in [4.69, 9.17) is 16.3 Å². The monoisotopic (exact) mass is 403 g/mol. The Bertz CT molecular complexity index is 643. The molecule has 1 aliphatic heterocycles. The van der Waals surface area contributed by atoms with Crippen molar-refractivity contribution in [2.75, 3.05) is 13.1 Å². The van der Waals surface area contributed by atoms with Crippen molar-refractivity contribution < 1.29 is 19.4 Å². The Morgan fingerprint density at radius 1 is 1.39 bits per heavy atom. The van der Waals surface area contributed by atoms with Gasteiger partial charge in [0.25, 0.3) is 0 Å². The molecule has 0 radical (unpaired) electrons. The van der Waals surface area contributed by atoms with E-state index in [0.717, 1.165) is 0 Å². The van der Waals surface area contributed by atoms with Crippen LogP contribution in [0, 0.1) is 0 Å². The van der Waals surface area contributed by atoms with Gasteiger partial charge in [-0.25, -0.2) is 4.79 Å². The number of hydrogen-bond acceptors (Lipinski definition) is 3. The summed E-state index contributed by atoms with van der Waals surface area (Å²) in [6, 6.07) is 5.04. The molecule has 0 spiro atoms. The van der Waals surface area contributed by atoms with Crippen molar-refractivity contribution in [2.45, 2.75) is 38.2 Å². The van der Waals surface area contributed by atoms with E-state index in [-0.39, 0.29) is 6.54 Å². The summed E-state index contributed by atoms with van der Waals surface area (Å²) in [5, 5.41) is 10.3. The predicted octanol–water partition coefficient (Wildman–Crippen LogP) is 4.07. The molecule has 0 aliphatic carbocycles. The number of benzene rings is 1. The summed E-state index contributed by atoms with van der Waals surface area (Å²) >= 11 is 9.42. The summed E-state index contributed by atoms with van der Waals surface area (Å²) < 4.78 is 6.00. The number of halogens is 2. The molecule has 1 saturated heterocycles. The number of carbonyl (C=O) groups excluding carboxylic acids is 1. The number of aliphatic carboxylic acids is 1. The third kappa shape index (κ3) is 3.80. The number of carbonyl (C=O) groups is 2. The van der Waals surface area contributed by atoms with Crippen LogP contribution < -0.4 is 0 Å². The fourth-order valence-corrected chi connectivity index (χ4v) is 3.46. The van der Waals surface area contributed by atoms with Crippen molar-refractivity contribution in [3.05, 3.63) is 33.3 Å². The highest BCUT2D eigenvalue weighted by Crippen LogP contribution is 2.40. The van der Waals surface area contributed by atoms with E-state index in [0.29, 0.717) is 28.0 Å². The molecule has 0 aromatic heterocycles. The Balaban J connectivity index is 2.33. The van der Waals surface area contributed by atoms with E-state index in [2.05, 4.69) is 15.9 Å². The van der Waals surface area contributed by atoms with Gasteiger partial charge in [0.05, 0.1) is 0 Å². The first-order valence-electron chi connectivity index (χ1n) is 7.22. The maximum Gasteiger partial charge on any atom is 0.410 e. The zero-order valence-electron chi connectivity index (χ0n) is 13.2. The third-order valence-electron chi connectivity index (χ3n) is 3.77. The van der Waals surface area contributed by atoms with Crippen LogP contribution in [0.4, 0.5) is 4.79 Å². The number of nitrogens with zero attached hydrogens (tertiary/aromatic N) is 1. The molecule has 5 nitrogen and oxygen atoms in total. The highest BCUT2D eigenvalue weighted by molar-refractivity contribution is 9.10. The Labute approximate surface area is 148 Å². The van der Waals surface area contributed by atoms with Gasteiger partial charge < -0.3 is 14.7 Å². The van der Waals surface area contributed by atoms with Crippen LogP contribution in [0.3, 0.4) is 0 Å². The molecule has 7 heteroatoms. The van der Waals surface area contributed by atoms with E-state index >= 15 is 0 Å². The molecule has 1 heterocycles. The smallest absolute Gasteiger partial charge is 0.410 e. The molecule has 1 N–H and O–H groups in total. The molecule has 126 valence electrons. The van der Waals surface area contributed by atoms with Gasteiger partial charge >= 0.3 is 12.1 Å². The number of hydrogen-bond donors (Lipinski definition) is 1. The van der Waals surface area contributed by atoms with Crippen LogP contribution in [0.5, 0.6) is 0 Å². The van der Waals surface area contributed by atoms with Crippen LogP contribution >= 0.6 is 27.5 Å². The first-order chi connectivity index (χ1) is 10.5. The summed E-state index contributed by atoms with van der Waals surface area (Å²) in [6.45, 7) is 5.70. The van der Waals surface area contributed by atoms with Gasteiger partial charge in [0, 0.05) is 22.6 Å². The summed E-state index contributed by atoms with van der Waals surface area (Å²) in [4.78, 5) is 25.7. The number of carboxylic acids is 1.